The summed E-state index contributed by atoms with van der Waals surface area (Å²) in [5.41, 5.74) is -0.663. The molecule has 1 aromatic carbocycles. The van der Waals surface area contributed by atoms with Crippen LogP contribution in [0.25, 0.3) is 10.1 Å². The van der Waals surface area contributed by atoms with Crippen molar-refractivity contribution in [2.45, 2.75) is 45.1 Å². The highest BCUT2D eigenvalue weighted by Crippen LogP contribution is 2.44. The molecule has 1 saturated carbocycles. The fourth-order valence-corrected chi connectivity index (χ4v) is 4.44. The van der Waals surface area contributed by atoms with Crippen molar-refractivity contribution < 1.29 is 5.11 Å². The highest BCUT2D eigenvalue weighted by molar-refractivity contribution is 7.19. The zero-order chi connectivity index (χ0) is 13.5. The lowest BCUT2D eigenvalue weighted by Gasteiger charge is -2.36. The van der Waals surface area contributed by atoms with Crippen LogP contribution >= 0.6 is 11.3 Å². The van der Waals surface area contributed by atoms with Crippen molar-refractivity contribution in [1.82, 2.24) is 0 Å². The van der Waals surface area contributed by atoms with Gasteiger partial charge in [0.25, 0.3) is 0 Å². The molecule has 1 nitrogen and oxygen atoms in total. The van der Waals surface area contributed by atoms with E-state index in [-0.39, 0.29) is 0 Å². The summed E-state index contributed by atoms with van der Waals surface area (Å²) >= 11 is 1.75. The first-order chi connectivity index (χ1) is 9.07. The molecule has 2 aromatic rings. The van der Waals surface area contributed by atoms with Crippen molar-refractivity contribution in [3.05, 3.63) is 35.2 Å². The quantitative estimate of drug-likeness (QED) is 0.822. The Morgan fingerprint density at radius 2 is 1.84 bits per heavy atom. The third kappa shape index (κ3) is 2.44. The summed E-state index contributed by atoms with van der Waals surface area (Å²) in [6, 6.07) is 10.6. The predicted octanol–water partition coefficient (Wildman–Crippen LogP) is 4.94. The summed E-state index contributed by atoms with van der Waals surface area (Å²) in [6.07, 6.45) is 4.82. The SMILES string of the molecule is CC1CCC(C(C)(O)c2cc3ccccc3s2)CC1. The molecule has 102 valence electrons. The van der Waals surface area contributed by atoms with Crippen molar-refractivity contribution in [3.63, 3.8) is 0 Å². The number of benzene rings is 1. The van der Waals surface area contributed by atoms with Gasteiger partial charge in [-0.1, -0.05) is 38.0 Å². The summed E-state index contributed by atoms with van der Waals surface area (Å²) in [7, 11) is 0. The molecule has 1 aliphatic rings. The first kappa shape index (κ1) is 13.1. The largest absolute Gasteiger partial charge is 0.384 e. The number of aliphatic hydroxyl groups is 1. The minimum Gasteiger partial charge on any atom is -0.384 e. The van der Waals surface area contributed by atoms with E-state index in [1.165, 1.54) is 22.9 Å². The minimum atomic E-state index is -0.663. The van der Waals surface area contributed by atoms with E-state index >= 15 is 0 Å². The normalized spacial score (nSPS) is 27.3. The molecule has 1 aliphatic carbocycles. The van der Waals surface area contributed by atoms with E-state index in [9.17, 15) is 5.11 Å². The Morgan fingerprint density at radius 1 is 1.16 bits per heavy atom. The van der Waals surface area contributed by atoms with Crippen LogP contribution in [-0.2, 0) is 5.60 Å². The molecule has 0 amide bonds. The van der Waals surface area contributed by atoms with E-state index in [4.69, 9.17) is 0 Å². The Bertz CT molecular complexity index is 528. The lowest BCUT2D eigenvalue weighted by Crippen LogP contribution is -2.33. The second kappa shape index (κ2) is 4.92. The lowest BCUT2D eigenvalue weighted by molar-refractivity contribution is -0.0232. The predicted molar refractivity (Wildman–Crippen MR) is 82.5 cm³/mol. The van der Waals surface area contributed by atoms with E-state index in [1.807, 2.05) is 6.92 Å². The zero-order valence-corrected chi connectivity index (χ0v) is 12.5. The molecule has 1 heterocycles. The molecule has 3 rings (SSSR count). The highest BCUT2D eigenvalue weighted by atomic mass is 32.1. The van der Waals surface area contributed by atoms with Gasteiger partial charge in [-0.25, -0.2) is 0 Å². The first-order valence-corrected chi connectivity index (χ1v) is 8.10. The molecule has 1 aromatic heterocycles. The second-order valence-electron chi connectivity index (χ2n) is 6.25. The topological polar surface area (TPSA) is 20.2 Å². The van der Waals surface area contributed by atoms with E-state index < -0.39 is 5.60 Å². The third-order valence-corrected chi connectivity index (χ3v) is 6.08. The molecule has 1 unspecified atom stereocenters. The van der Waals surface area contributed by atoms with Crippen LogP contribution in [0.3, 0.4) is 0 Å². The van der Waals surface area contributed by atoms with E-state index in [1.54, 1.807) is 11.3 Å². The lowest BCUT2D eigenvalue weighted by atomic mass is 9.74. The highest BCUT2D eigenvalue weighted by Gasteiger charge is 2.36. The fourth-order valence-electron chi connectivity index (χ4n) is 3.25. The third-order valence-electron chi connectivity index (χ3n) is 4.74. The van der Waals surface area contributed by atoms with Gasteiger partial charge in [-0.05, 0) is 49.1 Å². The summed E-state index contributed by atoms with van der Waals surface area (Å²) in [6.45, 7) is 4.34. The second-order valence-corrected chi connectivity index (χ2v) is 7.34. The summed E-state index contributed by atoms with van der Waals surface area (Å²) in [4.78, 5) is 1.13. The smallest absolute Gasteiger partial charge is 0.0988 e. The van der Waals surface area contributed by atoms with Gasteiger partial charge < -0.3 is 5.11 Å². The van der Waals surface area contributed by atoms with Gasteiger partial charge in [0, 0.05) is 9.58 Å². The van der Waals surface area contributed by atoms with Crippen molar-refractivity contribution in [3.8, 4) is 0 Å². The molecule has 1 N–H and O–H groups in total. The molecule has 1 atom stereocenters. The molecule has 19 heavy (non-hydrogen) atoms. The Morgan fingerprint density at radius 3 is 2.53 bits per heavy atom. The van der Waals surface area contributed by atoms with Crippen molar-refractivity contribution in [1.29, 1.82) is 0 Å². The van der Waals surface area contributed by atoms with E-state index in [0.29, 0.717) is 5.92 Å². The van der Waals surface area contributed by atoms with E-state index in [2.05, 4.69) is 37.3 Å². The van der Waals surface area contributed by atoms with Gasteiger partial charge in [-0.2, -0.15) is 0 Å². The van der Waals surface area contributed by atoms with E-state index in [0.717, 1.165) is 23.6 Å². The standard InChI is InChI=1S/C17H22OS/c1-12-7-9-14(10-8-12)17(2,18)16-11-13-5-3-4-6-15(13)19-16/h3-6,11-12,14,18H,7-10H2,1-2H3. The van der Waals surface area contributed by atoms with Gasteiger partial charge in [0.15, 0.2) is 0 Å². The van der Waals surface area contributed by atoms with Crippen molar-refractivity contribution in [2.75, 3.05) is 0 Å². The molecular weight excluding hydrogens is 252 g/mol. The molecule has 0 saturated heterocycles. The van der Waals surface area contributed by atoms with Crippen molar-refractivity contribution in [2.24, 2.45) is 11.8 Å². The zero-order valence-electron chi connectivity index (χ0n) is 11.7. The number of hydrogen-bond donors (Lipinski definition) is 1. The monoisotopic (exact) mass is 274 g/mol. The van der Waals surface area contributed by atoms with Gasteiger partial charge in [-0.3, -0.25) is 0 Å². The summed E-state index contributed by atoms with van der Waals surface area (Å²) < 4.78 is 1.28. The Hall–Kier alpha value is -0.860. The fraction of sp³-hybridized carbons (Fsp3) is 0.529. The van der Waals surface area contributed by atoms with Gasteiger partial charge in [-0.15, -0.1) is 11.3 Å². The summed E-state index contributed by atoms with van der Waals surface area (Å²) in [5, 5.41) is 12.3. The average molecular weight is 274 g/mol. The van der Waals surface area contributed by atoms with Crippen LogP contribution in [0.2, 0.25) is 0 Å². The van der Waals surface area contributed by atoms with Crippen LogP contribution in [0, 0.1) is 11.8 Å². The molecule has 0 bridgehead atoms. The number of hydrogen-bond acceptors (Lipinski definition) is 2. The van der Waals surface area contributed by atoms with Crippen molar-refractivity contribution >= 4 is 21.4 Å². The Kier molecular flexibility index (Phi) is 3.40. The van der Waals surface area contributed by atoms with Crippen LogP contribution in [0.15, 0.2) is 30.3 Å². The molecule has 1 fully saturated rings. The number of thiophene rings is 1. The van der Waals surface area contributed by atoms with Gasteiger partial charge >= 0.3 is 0 Å². The molecule has 0 aliphatic heterocycles. The number of rotatable bonds is 2. The van der Waals surface area contributed by atoms with Gasteiger partial charge in [0.2, 0.25) is 0 Å². The van der Waals surface area contributed by atoms with Crippen LogP contribution in [0.4, 0.5) is 0 Å². The maximum Gasteiger partial charge on any atom is 0.0988 e. The Labute approximate surface area is 119 Å². The van der Waals surface area contributed by atoms with Crippen LogP contribution in [-0.4, -0.2) is 5.11 Å². The molecular formula is C17H22OS. The summed E-state index contributed by atoms with van der Waals surface area (Å²) in [5.74, 6) is 1.24. The molecule has 2 heteroatoms. The molecule has 0 spiro atoms. The molecule has 0 radical (unpaired) electrons. The first-order valence-electron chi connectivity index (χ1n) is 7.29. The van der Waals surface area contributed by atoms with Gasteiger partial charge in [0.1, 0.15) is 0 Å². The maximum atomic E-state index is 11.0. The number of fused-ring (bicyclic) bond motifs is 1. The maximum absolute atomic E-state index is 11.0. The van der Waals surface area contributed by atoms with Gasteiger partial charge in [0.05, 0.1) is 5.60 Å². The Balaban J connectivity index is 1.90. The van der Waals surface area contributed by atoms with Crippen LogP contribution in [0.5, 0.6) is 0 Å². The minimum absolute atomic E-state index is 0.414. The average Bonchev–Trinajstić information content (AvgIpc) is 2.83. The van der Waals surface area contributed by atoms with Crippen LogP contribution in [0.1, 0.15) is 44.4 Å². The van der Waals surface area contributed by atoms with Crippen LogP contribution < -0.4 is 0 Å².